The number of ketones is 1. The molecule has 0 aliphatic rings. The van der Waals surface area contributed by atoms with E-state index in [1.807, 2.05) is 37.3 Å². The Kier molecular flexibility index (Phi) is 9.23. The van der Waals surface area contributed by atoms with Gasteiger partial charge in [0.05, 0.1) is 18.2 Å². The number of likely N-dealkylation sites (N-methyl/N-ethyl adjacent to an activating group) is 1. The minimum Gasteiger partial charge on any atom is -0.481 e. The predicted octanol–water partition coefficient (Wildman–Crippen LogP) is 1.83. The van der Waals surface area contributed by atoms with E-state index in [9.17, 15) is 14.4 Å². The molecule has 3 N–H and O–H groups in total. The first-order chi connectivity index (χ1) is 11.9. The Hall–Kier alpha value is -1.86. The molecular weight excluding hydrogens is 340 g/mol. The van der Waals surface area contributed by atoms with Crippen LogP contribution >= 0.6 is 11.8 Å². The molecule has 1 rings (SSSR count). The van der Waals surface area contributed by atoms with Crippen LogP contribution in [0.1, 0.15) is 32.3 Å². The minimum atomic E-state index is -0.873. The normalized spacial score (nSPS) is 14.4. The lowest BCUT2D eigenvalue weighted by molar-refractivity contribution is -0.137. The zero-order valence-corrected chi connectivity index (χ0v) is 15.6. The average molecular weight is 366 g/mol. The van der Waals surface area contributed by atoms with Gasteiger partial charge in [-0.05, 0) is 26.0 Å². The van der Waals surface area contributed by atoms with Gasteiger partial charge in [-0.25, -0.2) is 0 Å². The molecule has 0 saturated heterocycles. The van der Waals surface area contributed by atoms with Crippen molar-refractivity contribution >= 4 is 29.4 Å². The van der Waals surface area contributed by atoms with Gasteiger partial charge in [-0.3, -0.25) is 14.4 Å². The van der Waals surface area contributed by atoms with Crippen molar-refractivity contribution in [3.05, 3.63) is 35.9 Å². The van der Waals surface area contributed by atoms with E-state index in [1.165, 1.54) is 18.7 Å². The summed E-state index contributed by atoms with van der Waals surface area (Å²) in [5.74, 6) is -1.28. The number of hydrogen-bond donors (Lipinski definition) is 3. The number of thioether (sulfide) groups is 1. The molecule has 0 radical (unpaired) electrons. The number of carbonyl (C=O) groups is 3. The summed E-state index contributed by atoms with van der Waals surface area (Å²) < 4.78 is 0. The maximum Gasteiger partial charge on any atom is 0.304 e. The van der Waals surface area contributed by atoms with Crippen LogP contribution in [0.15, 0.2) is 30.3 Å². The lowest BCUT2D eigenvalue weighted by Crippen LogP contribution is -2.52. The van der Waals surface area contributed by atoms with Crippen LogP contribution in [0.4, 0.5) is 0 Å². The van der Waals surface area contributed by atoms with Crippen LogP contribution in [0.2, 0.25) is 0 Å². The van der Waals surface area contributed by atoms with Crippen LogP contribution in [0.3, 0.4) is 0 Å². The fourth-order valence-corrected chi connectivity index (χ4v) is 3.80. The smallest absolute Gasteiger partial charge is 0.304 e. The van der Waals surface area contributed by atoms with E-state index in [1.54, 1.807) is 7.05 Å². The second kappa shape index (κ2) is 10.9. The molecular formula is C18H26N2O4S. The number of nitrogens with one attached hydrogen (secondary N) is 2. The topological polar surface area (TPSA) is 95.5 Å². The van der Waals surface area contributed by atoms with Gasteiger partial charge in [-0.15, -0.1) is 11.8 Å². The van der Waals surface area contributed by atoms with E-state index in [4.69, 9.17) is 5.11 Å². The molecule has 3 atom stereocenters. The molecule has 25 heavy (non-hydrogen) atoms. The standard InChI is InChI=1S/C18H26N2O4S/c1-4-14(11-16(23)24)25-18(19-3)17(12(2)21)20-15(22)10-13-8-6-5-7-9-13/h5-9,14,17-19H,4,10-11H2,1-3H3,(H,20,22)(H,23,24). The monoisotopic (exact) mass is 366 g/mol. The lowest BCUT2D eigenvalue weighted by atomic mass is 10.1. The summed E-state index contributed by atoms with van der Waals surface area (Å²) in [6, 6.07) is 8.58. The van der Waals surface area contributed by atoms with E-state index >= 15 is 0 Å². The fraction of sp³-hybridized carbons (Fsp3) is 0.500. The molecule has 0 heterocycles. The number of rotatable bonds is 11. The molecule has 138 valence electrons. The van der Waals surface area contributed by atoms with Crippen molar-refractivity contribution in [3.8, 4) is 0 Å². The highest BCUT2D eigenvalue weighted by molar-refractivity contribution is 8.00. The zero-order chi connectivity index (χ0) is 18.8. The molecule has 7 heteroatoms. The molecule has 0 fully saturated rings. The van der Waals surface area contributed by atoms with E-state index < -0.39 is 12.0 Å². The fourth-order valence-electron chi connectivity index (χ4n) is 2.40. The number of Topliss-reactive ketones (excluding diaryl/α,β-unsaturated/α-hetero) is 1. The molecule has 3 unspecified atom stereocenters. The van der Waals surface area contributed by atoms with Crippen LogP contribution in [-0.2, 0) is 20.8 Å². The van der Waals surface area contributed by atoms with Gasteiger partial charge in [-0.2, -0.15) is 0 Å². The van der Waals surface area contributed by atoms with Crippen molar-refractivity contribution in [1.29, 1.82) is 0 Å². The molecule has 0 bridgehead atoms. The number of carboxylic acid groups (broad SMARTS) is 1. The summed E-state index contributed by atoms with van der Waals surface area (Å²) in [5.41, 5.74) is 0.869. The van der Waals surface area contributed by atoms with Crippen LogP contribution in [0.5, 0.6) is 0 Å². The Morgan fingerprint density at radius 3 is 2.32 bits per heavy atom. The summed E-state index contributed by atoms with van der Waals surface area (Å²) in [5, 5.41) is 14.3. The van der Waals surface area contributed by atoms with E-state index in [0.717, 1.165) is 5.56 Å². The third-order valence-electron chi connectivity index (χ3n) is 3.75. The highest BCUT2D eigenvalue weighted by Gasteiger charge is 2.29. The second-order valence-corrected chi connectivity index (χ2v) is 7.24. The quantitative estimate of drug-likeness (QED) is 0.517. The van der Waals surface area contributed by atoms with Crippen molar-refractivity contribution in [1.82, 2.24) is 10.6 Å². The van der Waals surface area contributed by atoms with E-state index in [2.05, 4.69) is 10.6 Å². The van der Waals surface area contributed by atoms with Crippen molar-refractivity contribution < 1.29 is 19.5 Å². The third-order valence-corrected chi connectivity index (χ3v) is 5.43. The Morgan fingerprint density at radius 2 is 1.84 bits per heavy atom. The number of aliphatic carboxylic acids is 1. The highest BCUT2D eigenvalue weighted by Crippen LogP contribution is 2.24. The predicted molar refractivity (Wildman–Crippen MR) is 99.5 cm³/mol. The molecule has 0 aromatic heterocycles. The molecule has 1 aromatic rings. The zero-order valence-electron chi connectivity index (χ0n) is 14.8. The first kappa shape index (κ1) is 21.2. The number of carbonyl (C=O) groups excluding carboxylic acids is 2. The Bertz CT molecular complexity index is 580. The third kappa shape index (κ3) is 7.70. The molecule has 6 nitrogen and oxygen atoms in total. The Balaban J connectivity index is 2.76. The number of benzene rings is 1. The maximum absolute atomic E-state index is 12.3. The SMILES string of the molecule is CCC(CC(=O)O)SC(NC)C(NC(=O)Cc1ccccc1)C(C)=O. The highest BCUT2D eigenvalue weighted by atomic mass is 32.2. The molecule has 0 saturated carbocycles. The van der Waals surface area contributed by atoms with Gasteiger partial charge in [-0.1, -0.05) is 37.3 Å². The van der Waals surface area contributed by atoms with Crippen LogP contribution < -0.4 is 10.6 Å². The largest absolute Gasteiger partial charge is 0.481 e. The number of hydrogen-bond acceptors (Lipinski definition) is 5. The molecule has 1 aromatic carbocycles. The van der Waals surface area contributed by atoms with Gasteiger partial charge in [0.2, 0.25) is 5.91 Å². The second-order valence-electron chi connectivity index (χ2n) is 5.79. The first-order valence-electron chi connectivity index (χ1n) is 8.25. The van der Waals surface area contributed by atoms with Crippen molar-refractivity contribution in [2.75, 3.05) is 7.05 Å². The van der Waals surface area contributed by atoms with Crippen LogP contribution in [0, 0.1) is 0 Å². The van der Waals surface area contributed by atoms with E-state index in [0.29, 0.717) is 6.42 Å². The number of carboxylic acids is 1. The first-order valence-corrected chi connectivity index (χ1v) is 9.19. The van der Waals surface area contributed by atoms with Crippen molar-refractivity contribution in [2.24, 2.45) is 0 Å². The van der Waals surface area contributed by atoms with Gasteiger partial charge in [0, 0.05) is 5.25 Å². The summed E-state index contributed by atoms with van der Waals surface area (Å²) in [6.45, 7) is 3.33. The van der Waals surface area contributed by atoms with Crippen LogP contribution in [-0.4, -0.2) is 46.5 Å². The number of amides is 1. The lowest BCUT2D eigenvalue weighted by Gasteiger charge is -2.28. The summed E-state index contributed by atoms with van der Waals surface area (Å²) >= 11 is 1.38. The molecule has 1 amide bonds. The van der Waals surface area contributed by atoms with Crippen molar-refractivity contribution in [3.63, 3.8) is 0 Å². The van der Waals surface area contributed by atoms with Gasteiger partial charge in [0.25, 0.3) is 0 Å². The summed E-state index contributed by atoms with van der Waals surface area (Å²) in [7, 11) is 1.70. The minimum absolute atomic E-state index is 0.0158. The molecule has 0 aliphatic carbocycles. The Labute approximate surface area is 152 Å². The summed E-state index contributed by atoms with van der Waals surface area (Å²) in [6.07, 6.45) is 0.873. The molecule has 0 aliphatic heterocycles. The van der Waals surface area contributed by atoms with Gasteiger partial charge in [0.1, 0.15) is 6.04 Å². The van der Waals surface area contributed by atoms with Crippen molar-refractivity contribution in [2.45, 2.75) is 49.8 Å². The average Bonchev–Trinajstić information content (AvgIpc) is 2.57. The van der Waals surface area contributed by atoms with Gasteiger partial charge < -0.3 is 15.7 Å². The Morgan fingerprint density at radius 1 is 1.20 bits per heavy atom. The molecule has 0 spiro atoms. The van der Waals surface area contributed by atoms with Crippen LogP contribution in [0.25, 0.3) is 0 Å². The maximum atomic E-state index is 12.3. The summed E-state index contributed by atoms with van der Waals surface area (Å²) in [4.78, 5) is 35.3. The van der Waals surface area contributed by atoms with Gasteiger partial charge >= 0.3 is 5.97 Å². The van der Waals surface area contributed by atoms with E-state index in [-0.39, 0.29) is 35.2 Å². The van der Waals surface area contributed by atoms with Gasteiger partial charge in [0.15, 0.2) is 5.78 Å².